The number of anilines is 2. The summed E-state index contributed by atoms with van der Waals surface area (Å²) in [5, 5.41) is 6.94. The van der Waals surface area contributed by atoms with Gasteiger partial charge in [-0.15, -0.1) is 0 Å². The van der Waals surface area contributed by atoms with Gasteiger partial charge in [0.05, 0.1) is 10.7 Å². The lowest BCUT2D eigenvalue weighted by Gasteiger charge is -2.13. The summed E-state index contributed by atoms with van der Waals surface area (Å²) < 4.78 is 0. The van der Waals surface area contributed by atoms with Crippen LogP contribution >= 0.6 is 23.2 Å². The summed E-state index contributed by atoms with van der Waals surface area (Å²) >= 11 is 12.1. The largest absolute Gasteiger partial charge is 0.350 e. The van der Waals surface area contributed by atoms with Crippen LogP contribution in [0.5, 0.6) is 0 Å². The highest BCUT2D eigenvalue weighted by Crippen LogP contribution is 2.27. The number of nitrogens with zero attached hydrogens (tertiary/aromatic N) is 2. The molecule has 1 aromatic carbocycles. The standard InChI is InChI=1S/C19H20Cl2N4O/c20-14-6-7-15(21)17(12-14)25-19-23-11-9-16(24-19)18(26)22-10-8-13-4-2-1-3-5-13/h4,6-7,9,11-12H,1-3,5,8,10H2,(H,22,26)(H,23,24,25). The van der Waals surface area contributed by atoms with Gasteiger partial charge in [-0.1, -0.05) is 34.9 Å². The molecule has 1 aliphatic carbocycles. The van der Waals surface area contributed by atoms with E-state index in [1.807, 2.05) is 0 Å². The molecule has 0 radical (unpaired) electrons. The van der Waals surface area contributed by atoms with E-state index < -0.39 is 0 Å². The van der Waals surface area contributed by atoms with Gasteiger partial charge >= 0.3 is 0 Å². The number of amides is 1. The zero-order valence-corrected chi connectivity index (χ0v) is 15.8. The first-order chi connectivity index (χ1) is 12.6. The molecule has 136 valence electrons. The fourth-order valence-corrected chi connectivity index (χ4v) is 3.15. The summed E-state index contributed by atoms with van der Waals surface area (Å²) in [5.41, 5.74) is 2.32. The third-order valence-corrected chi connectivity index (χ3v) is 4.74. The zero-order valence-electron chi connectivity index (χ0n) is 14.3. The number of carbonyl (C=O) groups excluding carboxylic acids is 1. The minimum absolute atomic E-state index is 0.218. The van der Waals surface area contributed by atoms with Gasteiger partial charge in [0.15, 0.2) is 0 Å². The van der Waals surface area contributed by atoms with E-state index in [1.54, 1.807) is 24.3 Å². The molecule has 1 aromatic heterocycles. The van der Waals surface area contributed by atoms with E-state index in [4.69, 9.17) is 23.2 Å². The summed E-state index contributed by atoms with van der Waals surface area (Å²) in [5.74, 6) is 0.0702. The number of hydrogen-bond acceptors (Lipinski definition) is 4. The van der Waals surface area contributed by atoms with Gasteiger partial charge < -0.3 is 10.6 Å². The van der Waals surface area contributed by atoms with Gasteiger partial charge in [0, 0.05) is 17.8 Å². The lowest BCUT2D eigenvalue weighted by atomic mass is 9.97. The van der Waals surface area contributed by atoms with Crippen LogP contribution in [0.4, 0.5) is 11.6 Å². The number of benzene rings is 1. The number of halogens is 2. The Morgan fingerprint density at radius 3 is 2.88 bits per heavy atom. The van der Waals surface area contributed by atoms with E-state index in [2.05, 4.69) is 26.7 Å². The smallest absolute Gasteiger partial charge is 0.270 e. The molecule has 0 saturated heterocycles. The molecule has 0 bridgehead atoms. The van der Waals surface area contributed by atoms with E-state index in [1.165, 1.54) is 24.6 Å². The van der Waals surface area contributed by atoms with Crippen molar-refractivity contribution in [2.45, 2.75) is 32.1 Å². The first kappa shape index (κ1) is 18.7. The Hall–Kier alpha value is -2.11. The normalized spacial score (nSPS) is 13.8. The van der Waals surface area contributed by atoms with Crippen LogP contribution in [0.2, 0.25) is 10.0 Å². The predicted octanol–water partition coefficient (Wildman–Crippen LogP) is 5.15. The number of nitrogens with one attached hydrogen (secondary N) is 2. The van der Waals surface area contributed by atoms with Crippen molar-refractivity contribution in [3.63, 3.8) is 0 Å². The average molecular weight is 391 g/mol. The predicted molar refractivity (Wildman–Crippen MR) is 105 cm³/mol. The van der Waals surface area contributed by atoms with Gasteiger partial charge in [-0.25, -0.2) is 9.97 Å². The Morgan fingerprint density at radius 2 is 2.08 bits per heavy atom. The highest BCUT2D eigenvalue weighted by molar-refractivity contribution is 6.35. The van der Waals surface area contributed by atoms with Crippen LogP contribution in [0.15, 0.2) is 42.1 Å². The maximum atomic E-state index is 12.3. The molecule has 0 atom stereocenters. The first-order valence-corrected chi connectivity index (χ1v) is 9.38. The van der Waals surface area contributed by atoms with Crippen molar-refractivity contribution in [1.82, 2.24) is 15.3 Å². The van der Waals surface area contributed by atoms with E-state index in [0.29, 0.717) is 28.0 Å². The Morgan fingerprint density at radius 1 is 1.19 bits per heavy atom. The van der Waals surface area contributed by atoms with Crippen molar-refractivity contribution < 1.29 is 4.79 Å². The molecule has 26 heavy (non-hydrogen) atoms. The molecule has 1 aliphatic rings. The Bertz CT molecular complexity index is 823. The van der Waals surface area contributed by atoms with Crippen LogP contribution in [0, 0.1) is 0 Å². The second-order valence-electron chi connectivity index (χ2n) is 6.13. The van der Waals surface area contributed by atoms with Crippen molar-refractivity contribution in [1.29, 1.82) is 0 Å². The lowest BCUT2D eigenvalue weighted by molar-refractivity contribution is 0.0949. The number of rotatable bonds is 6. The van der Waals surface area contributed by atoms with E-state index in [9.17, 15) is 4.79 Å². The number of carbonyl (C=O) groups is 1. The summed E-state index contributed by atoms with van der Waals surface area (Å²) in [6.45, 7) is 0.609. The maximum Gasteiger partial charge on any atom is 0.270 e. The summed E-state index contributed by atoms with van der Waals surface area (Å²) in [7, 11) is 0. The van der Waals surface area contributed by atoms with Gasteiger partial charge in [0.25, 0.3) is 5.91 Å². The molecular weight excluding hydrogens is 371 g/mol. The Labute approximate surface area is 162 Å². The fourth-order valence-electron chi connectivity index (χ4n) is 2.82. The SMILES string of the molecule is O=C(NCCC1=CCCCC1)c1ccnc(Nc2cc(Cl)ccc2Cl)n1. The second-order valence-corrected chi connectivity index (χ2v) is 6.97. The molecule has 0 spiro atoms. The molecule has 2 aromatic rings. The van der Waals surface area contributed by atoms with Crippen LogP contribution in [0.25, 0.3) is 0 Å². The topological polar surface area (TPSA) is 66.9 Å². The maximum absolute atomic E-state index is 12.3. The van der Waals surface area contributed by atoms with E-state index in [-0.39, 0.29) is 11.9 Å². The quantitative estimate of drug-likeness (QED) is 0.669. The third kappa shape index (κ3) is 5.19. The molecule has 2 N–H and O–H groups in total. The van der Waals surface area contributed by atoms with Crippen LogP contribution in [-0.4, -0.2) is 22.4 Å². The van der Waals surface area contributed by atoms with Crippen LogP contribution in [0.1, 0.15) is 42.6 Å². The highest BCUT2D eigenvalue weighted by Gasteiger charge is 2.11. The summed E-state index contributed by atoms with van der Waals surface area (Å²) in [6.07, 6.45) is 9.51. The molecule has 0 fully saturated rings. The molecular formula is C19H20Cl2N4O. The minimum Gasteiger partial charge on any atom is -0.350 e. The molecule has 7 heteroatoms. The van der Waals surface area contributed by atoms with Gasteiger partial charge in [-0.2, -0.15) is 0 Å². The van der Waals surface area contributed by atoms with Crippen molar-refractivity contribution in [2.24, 2.45) is 0 Å². The van der Waals surface area contributed by atoms with E-state index in [0.717, 1.165) is 19.3 Å². The molecule has 5 nitrogen and oxygen atoms in total. The molecule has 1 heterocycles. The zero-order chi connectivity index (χ0) is 18.4. The van der Waals surface area contributed by atoms with Crippen LogP contribution in [0.3, 0.4) is 0 Å². The van der Waals surface area contributed by atoms with Crippen molar-refractivity contribution in [2.75, 3.05) is 11.9 Å². The Kier molecular flexibility index (Phi) is 6.47. The summed E-state index contributed by atoms with van der Waals surface area (Å²) in [6, 6.07) is 6.64. The van der Waals surface area contributed by atoms with Crippen molar-refractivity contribution in [3.8, 4) is 0 Å². The lowest BCUT2D eigenvalue weighted by Crippen LogP contribution is -2.26. The molecule has 0 unspecified atom stereocenters. The highest BCUT2D eigenvalue weighted by atomic mass is 35.5. The van der Waals surface area contributed by atoms with Crippen molar-refractivity contribution in [3.05, 3.63) is 57.9 Å². The van der Waals surface area contributed by atoms with Crippen LogP contribution in [-0.2, 0) is 0 Å². The fraction of sp³-hybridized carbons (Fsp3) is 0.316. The minimum atomic E-state index is -0.218. The summed E-state index contributed by atoms with van der Waals surface area (Å²) in [4.78, 5) is 20.7. The second kappa shape index (κ2) is 9.01. The monoisotopic (exact) mass is 390 g/mol. The number of aromatic nitrogens is 2. The molecule has 3 rings (SSSR count). The van der Waals surface area contributed by atoms with Gasteiger partial charge in [-0.05, 0) is 56.4 Å². The van der Waals surface area contributed by atoms with Crippen LogP contribution < -0.4 is 10.6 Å². The third-order valence-electron chi connectivity index (χ3n) is 4.18. The van der Waals surface area contributed by atoms with Gasteiger partial charge in [0.1, 0.15) is 5.69 Å². The molecule has 1 amide bonds. The Balaban J connectivity index is 1.60. The molecule has 0 aliphatic heterocycles. The van der Waals surface area contributed by atoms with Crippen molar-refractivity contribution >= 4 is 40.7 Å². The van der Waals surface area contributed by atoms with Gasteiger partial charge in [-0.3, -0.25) is 4.79 Å². The van der Waals surface area contributed by atoms with E-state index >= 15 is 0 Å². The van der Waals surface area contributed by atoms with Gasteiger partial charge in [0.2, 0.25) is 5.95 Å². The number of allylic oxidation sites excluding steroid dienone is 1. The average Bonchev–Trinajstić information content (AvgIpc) is 2.66. The molecule has 0 saturated carbocycles. The first-order valence-electron chi connectivity index (χ1n) is 8.63. The number of hydrogen-bond donors (Lipinski definition) is 2.